The molecule has 3 aromatic rings. The van der Waals surface area contributed by atoms with Gasteiger partial charge in [-0.1, -0.05) is 135 Å². The molecule has 1 N–H and O–H groups in total. The topological polar surface area (TPSA) is 84.5 Å². The number of hydrogen-bond donors (Lipinski definition) is 1. The Morgan fingerprint density at radius 3 is 1.38 bits per heavy atom. The summed E-state index contributed by atoms with van der Waals surface area (Å²) in [6.07, 6.45) is -3.35. The Bertz CT molecular complexity index is 1570. The number of hydrogen-bond acceptors (Lipinski definition) is 7. The predicted molar refractivity (Wildman–Crippen MR) is 211 cm³/mol. The van der Waals surface area contributed by atoms with E-state index in [9.17, 15) is 4.79 Å². The van der Waals surface area contributed by atoms with Crippen LogP contribution in [0.5, 0.6) is 0 Å². The van der Waals surface area contributed by atoms with Gasteiger partial charge in [0.2, 0.25) is 0 Å². The molecule has 1 heterocycles. The summed E-state index contributed by atoms with van der Waals surface area (Å²) in [6, 6.07) is 24.7. The first-order valence-electron chi connectivity index (χ1n) is 18.9. The molecular formula is C45H65NO7. The maximum absolute atomic E-state index is 13.3. The highest BCUT2D eigenvalue weighted by atomic mass is 16.7. The van der Waals surface area contributed by atoms with Crippen molar-refractivity contribution in [2.24, 2.45) is 0 Å². The molecule has 1 aliphatic heterocycles. The van der Waals surface area contributed by atoms with Crippen LogP contribution >= 0.6 is 0 Å². The van der Waals surface area contributed by atoms with Gasteiger partial charge in [-0.3, -0.25) is 0 Å². The van der Waals surface area contributed by atoms with Gasteiger partial charge in [-0.05, 0) is 70.4 Å². The van der Waals surface area contributed by atoms with E-state index in [4.69, 9.17) is 28.4 Å². The third kappa shape index (κ3) is 12.6. The van der Waals surface area contributed by atoms with Crippen LogP contribution in [0.2, 0.25) is 0 Å². The summed E-state index contributed by atoms with van der Waals surface area (Å²) in [5.41, 5.74) is 6.24. The Morgan fingerprint density at radius 2 is 1.00 bits per heavy atom. The fraction of sp³-hybridized carbons (Fsp3) is 0.578. The Hall–Kier alpha value is -3.27. The Labute approximate surface area is 319 Å². The van der Waals surface area contributed by atoms with E-state index < -0.39 is 42.3 Å². The summed E-state index contributed by atoms with van der Waals surface area (Å²) >= 11 is 0. The van der Waals surface area contributed by atoms with E-state index >= 15 is 0 Å². The zero-order valence-corrected chi connectivity index (χ0v) is 34.5. The van der Waals surface area contributed by atoms with Crippen LogP contribution in [0.1, 0.15) is 116 Å². The summed E-state index contributed by atoms with van der Waals surface area (Å²) in [6.45, 7) is 26.5. The zero-order chi connectivity index (χ0) is 39.2. The highest BCUT2D eigenvalue weighted by molar-refractivity contribution is 5.68. The van der Waals surface area contributed by atoms with Crippen molar-refractivity contribution in [2.75, 3.05) is 13.7 Å². The SMILES string of the molecule is CO[C@H]1O[C@H](COCc2ccc(C(C)(C)C)cc2)[C@@H](OCc2ccc(C(C)(C)C)cc2)[C@H](OCc2ccc(C(C)(C)C)cc2)[C@H]1NC(=O)OC(C)(C)C. The average molecular weight is 732 g/mol. The highest BCUT2D eigenvalue weighted by Gasteiger charge is 2.49. The van der Waals surface area contributed by atoms with Crippen molar-refractivity contribution in [1.29, 1.82) is 0 Å². The summed E-state index contributed by atoms with van der Waals surface area (Å²) in [4.78, 5) is 13.3. The number of rotatable bonds is 12. The van der Waals surface area contributed by atoms with Crippen LogP contribution in [0.15, 0.2) is 72.8 Å². The van der Waals surface area contributed by atoms with Gasteiger partial charge in [0.05, 0.1) is 26.4 Å². The molecule has 0 aromatic heterocycles. The zero-order valence-electron chi connectivity index (χ0n) is 34.5. The summed E-state index contributed by atoms with van der Waals surface area (Å²) in [5.74, 6) is 0. The normalized spacial score (nSPS) is 21.3. The molecule has 1 aliphatic rings. The lowest BCUT2D eigenvalue weighted by Crippen LogP contribution is -2.66. The van der Waals surface area contributed by atoms with Crippen molar-refractivity contribution < 1.29 is 33.2 Å². The number of amides is 1. The standard InChI is InChI=1S/C45H65NO7/c1-42(2,3)33-20-14-30(15-21-33)26-49-29-36-38(50-27-31-16-22-34(23-17-31)43(4,5)6)39(51-28-32-18-24-35(25-19-32)44(7,8)9)37(40(48-13)52-36)46-41(47)53-45(10,11)12/h14-25,36-40H,26-29H2,1-13H3,(H,46,47)/t36-,37-,38-,39-,40+/m1/s1. The first-order valence-corrected chi connectivity index (χ1v) is 18.9. The average Bonchev–Trinajstić information content (AvgIpc) is 3.06. The number of alkyl carbamates (subject to hydrolysis) is 1. The molecule has 1 amide bonds. The van der Waals surface area contributed by atoms with E-state index in [2.05, 4.69) is 140 Å². The molecule has 53 heavy (non-hydrogen) atoms. The minimum atomic E-state index is -0.860. The number of methoxy groups -OCH3 is 1. The Kier molecular flexibility index (Phi) is 14.0. The van der Waals surface area contributed by atoms with Crippen LogP contribution in [0.3, 0.4) is 0 Å². The van der Waals surface area contributed by atoms with Crippen molar-refractivity contribution in [1.82, 2.24) is 5.32 Å². The molecule has 0 aliphatic carbocycles. The second-order valence-electron chi connectivity index (χ2n) is 18.4. The van der Waals surface area contributed by atoms with Gasteiger partial charge in [-0.2, -0.15) is 0 Å². The number of nitrogens with one attached hydrogen (secondary N) is 1. The van der Waals surface area contributed by atoms with Gasteiger partial charge in [0, 0.05) is 7.11 Å². The number of carbonyl (C=O) groups excluding carboxylic acids is 1. The minimum absolute atomic E-state index is 0.0279. The quantitative estimate of drug-likeness (QED) is 0.199. The molecule has 0 radical (unpaired) electrons. The lowest BCUT2D eigenvalue weighted by Gasteiger charge is -2.46. The maximum Gasteiger partial charge on any atom is 0.408 e. The van der Waals surface area contributed by atoms with Gasteiger partial charge >= 0.3 is 6.09 Å². The largest absolute Gasteiger partial charge is 0.444 e. The molecule has 3 aromatic carbocycles. The van der Waals surface area contributed by atoms with Gasteiger partial charge in [0.15, 0.2) is 6.29 Å². The fourth-order valence-electron chi connectivity index (χ4n) is 6.22. The maximum atomic E-state index is 13.3. The molecule has 4 rings (SSSR count). The van der Waals surface area contributed by atoms with Crippen LogP contribution in [0.25, 0.3) is 0 Å². The minimum Gasteiger partial charge on any atom is -0.444 e. The van der Waals surface area contributed by atoms with Crippen molar-refractivity contribution in [3.05, 3.63) is 106 Å². The summed E-state index contributed by atoms with van der Waals surface area (Å²) in [5, 5.41) is 3.01. The smallest absolute Gasteiger partial charge is 0.408 e. The van der Waals surface area contributed by atoms with E-state index in [0.29, 0.717) is 13.2 Å². The van der Waals surface area contributed by atoms with Gasteiger partial charge in [0.25, 0.3) is 0 Å². The fourth-order valence-corrected chi connectivity index (χ4v) is 6.22. The summed E-state index contributed by atoms with van der Waals surface area (Å²) in [7, 11) is 1.56. The second kappa shape index (κ2) is 17.5. The van der Waals surface area contributed by atoms with E-state index in [1.165, 1.54) is 16.7 Å². The third-order valence-electron chi connectivity index (χ3n) is 9.46. The molecule has 1 saturated heterocycles. The van der Waals surface area contributed by atoms with Gasteiger partial charge in [-0.25, -0.2) is 4.79 Å². The molecule has 8 heteroatoms. The molecule has 5 atom stereocenters. The van der Waals surface area contributed by atoms with E-state index in [0.717, 1.165) is 16.7 Å². The summed E-state index contributed by atoms with van der Waals surface area (Å²) < 4.78 is 38.0. The van der Waals surface area contributed by atoms with Crippen LogP contribution in [0.4, 0.5) is 4.79 Å². The Balaban J connectivity index is 1.64. The van der Waals surface area contributed by atoms with E-state index in [-0.39, 0.29) is 29.5 Å². The Morgan fingerprint density at radius 1 is 0.604 bits per heavy atom. The number of carbonyl (C=O) groups is 1. The predicted octanol–water partition coefficient (Wildman–Crippen LogP) is 9.53. The van der Waals surface area contributed by atoms with E-state index in [1.807, 2.05) is 20.8 Å². The van der Waals surface area contributed by atoms with E-state index in [1.54, 1.807) is 7.11 Å². The van der Waals surface area contributed by atoms with Crippen LogP contribution in [0, 0.1) is 0 Å². The van der Waals surface area contributed by atoms with Gasteiger partial charge in [-0.15, -0.1) is 0 Å². The monoisotopic (exact) mass is 731 g/mol. The molecule has 292 valence electrons. The van der Waals surface area contributed by atoms with Crippen LogP contribution in [-0.2, 0) is 64.5 Å². The van der Waals surface area contributed by atoms with Crippen molar-refractivity contribution in [2.45, 2.75) is 155 Å². The van der Waals surface area contributed by atoms with Crippen LogP contribution < -0.4 is 5.32 Å². The lowest BCUT2D eigenvalue weighted by molar-refractivity contribution is -0.284. The number of ether oxygens (including phenoxy) is 6. The van der Waals surface area contributed by atoms with Crippen molar-refractivity contribution >= 4 is 6.09 Å². The molecular weight excluding hydrogens is 666 g/mol. The molecule has 0 spiro atoms. The van der Waals surface area contributed by atoms with Crippen molar-refractivity contribution in [3.8, 4) is 0 Å². The van der Waals surface area contributed by atoms with Crippen LogP contribution in [-0.4, -0.2) is 56.1 Å². The van der Waals surface area contributed by atoms with Gasteiger partial charge in [0.1, 0.15) is 30.0 Å². The third-order valence-corrected chi connectivity index (χ3v) is 9.46. The van der Waals surface area contributed by atoms with Gasteiger partial charge < -0.3 is 33.7 Å². The molecule has 0 unspecified atom stereocenters. The second-order valence-corrected chi connectivity index (χ2v) is 18.4. The molecule has 0 bridgehead atoms. The highest BCUT2D eigenvalue weighted by Crippen LogP contribution is 2.31. The molecule has 1 fully saturated rings. The molecule has 8 nitrogen and oxygen atoms in total. The number of benzene rings is 3. The first kappa shape index (κ1) is 42.5. The first-order chi connectivity index (χ1) is 24.6. The lowest BCUT2D eigenvalue weighted by atomic mass is 9.87. The van der Waals surface area contributed by atoms with Crippen molar-refractivity contribution in [3.63, 3.8) is 0 Å². The molecule has 0 saturated carbocycles.